The Morgan fingerprint density at radius 3 is 2.90 bits per heavy atom. The van der Waals surface area contributed by atoms with E-state index in [4.69, 9.17) is 0 Å². The highest BCUT2D eigenvalue weighted by Gasteiger charge is 2.21. The van der Waals surface area contributed by atoms with Crippen LogP contribution >= 0.6 is 11.3 Å². The first-order valence-corrected chi connectivity index (χ1v) is 7.70. The molecular weight excluding hydrogens is 266 g/mol. The van der Waals surface area contributed by atoms with E-state index in [9.17, 15) is 0 Å². The van der Waals surface area contributed by atoms with Crippen LogP contribution in [0.2, 0.25) is 0 Å². The Kier molecular flexibility index (Phi) is 3.59. The molecule has 1 N–H and O–H groups in total. The highest BCUT2D eigenvalue weighted by atomic mass is 32.1. The topological polar surface area (TPSA) is 29.3 Å². The molecule has 0 saturated heterocycles. The molecule has 0 spiro atoms. The number of thiophene rings is 1. The molecule has 0 aliphatic heterocycles. The quantitative estimate of drug-likeness (QED) is 0.778. The lowest BCUT2D eigenvalue weighted by Crippen LogP contribution is -2.31. The fourth-order valence-corrected chi connectivity index (χ4v) is 3.18. The summed E-state index contributed by atoms with van der Waals surface area (Å²) in [5.41, 5.74) is 2.24. The average molecular weight is 285 g/mol. The predicted octanol–water partition coefficient (Wildman–Crippen LogP) is 3.46. The van der Waals surface area contributed by atoms with E-state index in [2.05, 4.69) is 52.3 Å². The van der Waals surface area contributed by atoms with Crippen molar-refractivity contribution in [3.05, 3.63) is 58.7 Å². The number of fused-ring (bicyclic) bond motifs is 1. The smallest absolute Gasteiger partial charge is 0.137 e. The second-order valence-corrected chi connectivity index (χ2v) is 6.61. The van der Waals surface area contributed by atoms with Crippen LogP contribution in [0, 0.1) is 0 Å². The minimum Gasteiger partial charge on any atom is -0.310 e. The number of hydrogen-bond acceptors (Lipinski definition) is 3. The third kappa shape index (κ3) is 2.76. The van der Waals surface area contributed by atoms with Gasteiger partial charge in [0.15, 0.2) is 0 Å². The van der Waals surface area contributed by atoms with E-state index < -0.39 is 0 Å². The molecule has 3 heterocycles. The number of aromatic nitrogens is 2. The van der Waals surface area contributed by atoms with Crippen molar-refractivity contribution in [3.63, 3.8) is 0 Å². The lowest BCUT2D eigenvalue weighted by atomic mass is 9.91. The number of rotatable bonds is 5. The van der Waals surface area contributed by atoms with Crippen molar-refractivity contribution in [3.8, 4) is 0 Å². The number of pyridine rings is 1. The first-order chi connectivity index (χ1) is 9.65. The van der Waals surface area contributed by atoms with Crippen LogP contribution in [0.5, 0.6) is 0 Å². The molecule has 0 amide bonds. The summed E-state index contributed by atoms with van der Waals surface area (Å²) in [5, 5.41) is 5.66. The van der Waals surface area contributed by atoms with Crippen molar-refractivity contribution in [2.24, 2.45) is 0 Å². The monoisotopic (exact) mass is 285 g/mol. The fourth-order valence-electron chi connectivity index (χ4n) is 2.33. The number of nitrogens with one attached hydrogen (secondary N) is 1. The van der Waals surface area contributed by atoms with Crippen LogP contribution in [-0.2, 0) is 12.0 Å². The Labute approximate surface area is 123 Å². The van der Waals surface area contributed by atoms with Gasteiger partial charge in [-0.25, -0.2) is 4.98 Å². The predicted molar refractivity (Wildman–Crippen MR) is 84.2 cm³/mol. The third-order valence-electron chi connectivity index (χ3n) is 3.48. The zero-order valence-electron chi connectivity index (χ0n) is 11.8. The molecule has 0 unspecified atom stereocenters. The van der Waals surface area contributed by atoms with Gasteiger partial charge in [-0.05, 0) is 23.6 Å². The van der Waals surface area contributed by atoms with E-state index >= 15 is 0 Å². The standard InChI is InChI=1S/C16H19N3S/c1-16(2,14-6-5-9-20-14)12-17-10-13-11-19-8-4-3-7-15(19)18-13/h3-9,11,17H,10,12H2,1-2H3. The van der Waals surface area contributed by atoms with Crippen LogP contribution < -0.4 is 5.32 Å². The molecule has 3 rings (SSSR count). The van der Waals surface area contributed by atoms with Gasteiger partial charge in [-0.3, -0.25) is 0 Å². The second-order valence-electron chi connectivity index (χ2n) is 5.66. The molecule has 0 aromatic carbocycles. The second kappa shape index (κ2) is 5.38. The molecule has 4 heteroatoms. The molecule has 0 radical (unpaired) electrons. The van der Waals surface area contributed by atoms with Crippen molar-refractivity contribution in [2.75, 3.05) is 6.54 Å². The van der Waals surface area contributed by atoms with Gasteiger partial charge in [-0.1, -0.05) is 26.0 Å². The van der Waals surface area contributed by atoms with Crippen molar-refractivity contribution in [1.82, 2.24) is 14.7 Å². The summed E-state index contributed by atoms with van der Waals surface area (Å²) in [6.07, 6.45) is 4.11. The van der Waals surface area contributed by atoms with Crippen LogP contribution in [0.15, 0.2) is 48.1 Å². The minimum absolute atomic E-state index is 0.160. The first kappa shape index (κ1) is 13.3. The summed E-state index contributed by atoms with van der Waals surface area (Å²) >= 11 is 1.82. The van der Waals surface area contributed by atoms with E-state index in [1.165, 1.54) is 4.88 Å². The Morgan fingerprint density at radius 1 is 1.25 bits per heavy atom. The maximum Gasteiger partial charge on any atom is 0.137 e. The van der Waals surface area contributed by atoms with E-state index in [-0.39, 0.29) is 5.41 Å². The van der Waals surface area contributed by atoms with Gasteiger partial charge < -0.3 is 9.72 Å². The third-order valence-corrected chi connectivity index (χ3v) is 4.71. The molecule has 3 nitrogen and oxygen atoms in total. The van der Waals surface area contributed by atoms with Gasteiger partial charge in [-0.15, -0.1) is 11.3 Å². The van der Waals surface area contributed by atoms with Crippen molar-refractivity contribution >= 4 is 17.0 Å². The van der Waals surface area contributed by atoms with Crippen molar-refractivity contribution in [2.45, 2.75) is 25.8 Å². The molecule has 0 fully saturated rings. The van der Waals surface area contributed by atoms with Crippen LogP contribution in [0.3, 0.4) is 0 Å². The molecule has 0 bridgehead atoms. The number of hydrogen-bond donors (Lipinski definition) is 1. The van der Waals surface area contributed by atoms with Gasteiger partial charge in [0.25, 0.3) is 0 Å². The van der Waals surface area contributed by atoms with E-state index in [1.807, 2.05) is 35.7 Å². The molecule has 3 aromatic heterocycles. The molecule has 0 aliphatic carbocycles. The van der Waals surface area contributed by atoms with Gasteiger partial charge >= 0.3 is 0 Å². The van der Waals surface area contributed by atoms with Crippen LogP contribution in [0.25, 0.3) is 5.65 Å². The largest absolute Gasteiger partial charge is 0.310 e. The molecule has 104 valence electrons. The summed E-state index contributed by atoms with van der Waals surface area (Å²) < 4.78 is 2.06. The highest BCUT2D eigenvalue weighted by molar-refractivity contribution is 7.10. The molecular formula is C16H19N3S. The summed E-state index contributed by atoms with van der Waals surface area (Å²) in [6.45, 7) is 6.29. The zero-order chi connectivity index (χ0) is 14.0. The molecule has 20 heavy (non-hydrogen) atoms. The minimum atomic E-state index is 0.160. The molecule has 0 atom stereocenters. The van der Waals surface area contributed by atoms with E-state index in [0.717, 1.165) is 24.4 Å². The summed E-state index contributed by atoms with van der Waals surface area (Å²) in [4.78, 5) is 6.01. The summed E-state index contributed by atoms with van der Waals surface area (Å²) in [6, 6.07) is 10.4. The van der Waals surface area contributed by atoms with Crippen LogP contribution in [0.1, 0.15) is 24.4 Å². The molecule has 3 aromatic rings. The highest BCUT2D eigenvalue weighted by Crippen LogP contribution is 2.26. The van der Waals surface area contributed by atoms with Gasteiger partial charge in [0.1, 0.15) is 5.65 Å². The Balaban J connectivity index is 1.62. The van der Waals surface area contributed by atoms with E-state index in [0.29, 0.717) is 0 Å². The summed E-state index contributed by atoms with van der Waals surface area (Å²) in [7, 11) is 0. The van der Waals surface area contributed by atoms with Gasteiger partial charge in [0, 0.05) is 35.8 Å². The summed E-state index contributed by atoms with van der Waals surface area (Å²) in [5.74, 6) is 0. The normalized spacial score (nSPS) is 12.1. The maximum atomic E-state index is 4.60. The average Bonchev–Trinajstić information content (AvgIpc) is 3.07. The number of imidazole rings is 1. The van der Waals surface area contributed by atoms with Crippen LogP contribution in [-0.4, -0.2) is 15.9 Å². The number of nitrogens with zero attached hydrogens (tertiary/aromatic N) is 2. The zero-order valence-corrected chi connectivity index (χ0v) is 12.7. The lowest BCUT2D eigenvalue weighted by molar-refractivity contribution is 0.475. The Bertz CT molecular complexity index is 650. The molecule has 0 saturated carbocycles. The first-order valence-electron chi connectivity index (χ1n) is 6.82. The van der Waals surface area contributed by atoms with E-state index in [1.54, 1.807) is 0 Å². The van der Waals surface area contributed by atoms with Gasteiger partial charge in [0.05, 0.1) is 5.69 Å². The van der Waals surface area contributed by atoms with Crippen molar-refractivity contribution in [1.29, 1.82) is 0 Å². The Morgan fingerprint density at radius 2 is 2.15 bits per heavy atom. The van der Waals surface area contributed by atoms with Gasteiger partial charge in [0.2, 0.25) is 0 Å². The SMILES string of the molecule is CC(C)(CNCc1cn2ccccc2n1)c1cccs1. The van der Waals surface area contributed by atoms with Gasteiger partial charge in [-0.2, -0.15) is 0 Å². The molecule has 0 aliphatic rings. The fraction of sp³-hybridized carbons (Fsp3) is 0.312. The Hall–Kier alpha value is -1.65. The maximum absolute atomic E-state index is 4.60. The lowest BCUT2D eigenvalue weighted by Gasteiger charge is -2.23. The van der Waals surface area contributed by atoms with Crippen LogP contribution in [0.4, 0.5) is 0 Å². The van der Waals surface area contributed by atoms with Crippen molar-refractivity contribution < 1.29 is 0 Å².